The lowest BCUT2D eigenvalue weighted by Crippen LogP contribution is -2.13. The molecule has 0 saturated heterocycles. The topological polar surface area (TPSA) is 60.7 Å². The highest BCUT2D eigenvalue weighted by atomic mass is 35.5. The Morgan fingerprint density at radius 3 is 2.43 bits per heavy atom. The molecular weight excluding hydrogens is 312 g/mol. The molecule has 0 aliphatic rings. The molecule has 0 radical (unpaired) electrons. The smallest absolute Gasteiger partial charge is 0.204 e. The van der Waals surface area contributed by atoms with E-state index in [9.17, 15) is 4.79 Å². The van der Waals surface area contributed by atoms with Gasteiger partial charge in [-0.3, -0.25) is 4.79 Å². The maximum absolute atomic E-state index is 12.3. The number of carbonyl (C=O) groups excluding carboxylic acids is 1. The third kappa shape index (κ3) is 3.63. The van der Waals surface area contributed by atoms with Gasteiger partial charge >= 0.3 is 0 Å². The second-order valence-corrected chi connectivity index (χ2v) is 5.56. The lowest BCUT2D eigenvalue weighted by Gasteiger charge is -2.01. The Kier molecular flexibility index (Phi) is 4.48. The molecule has 0 spiro atoms. The minimum absolute atomic E-state index is 0.0484. The molecule has 3 aromatic rings. The molecule has 0 unspecified atom stereocenters. The second kappa shape index (κ2) is 6.71. The van der Waals surface area contributed by atoms with E-state index in [2.05, 4.69) is 22.3 Å². The molecule has 1 heterocycles. The van der Waals surface area contributed by atoms with E-state index >= 15 is 0 Å². The Labute approximate surface area is 138 Å². The van der Waals surface area contributed by atoms with Crippen molar-refractivity contribution >= 4 is 17.4 Å². The van der Waals surface area contributed by atoms with Gasteiger partial charge in [0.05, 0.1) is 0 Å². The minimum Gasteiger partial charge on any atom is -0.292 e. The van der Waals surface area contributed by atoms with Crippen molar-refractivity contribution in [2.24, 2.45) is 0 Å². The number of Topliss-reactive ketones (excluding diaryl/α,β-unsaturated/α-hetero) is 1. The number of aromatic nitrogens is 4. The Bertz CT molecular complexity index is 809. The number of aryl methyl sites for hydroxylation is 1. The highest BCUT2D eigenvalue weighted by molar-refractivity contribution is 6.30. The summed E-state index contributed by atoms with van der Waals surface area (Å²) in [5, 5.41) is 12.8. The van der Waals surface area contributed by atoms with Crippen molar-refractivity contribution in [3.8, 4) is 11.4 Å². The Balaban J connectivity index is 1.73. The van der Waals surface area contributed by atoms with E-state index in [1.54, 1.807) is 12.1 Å². The number of carbonyl (C=O) groups is 1. The molecule has 0 bridgehead atoms. The number of halogens is 1. The Hall–Kier alpha value is -2.53. The molecule has 2 aromatic carbocycles. The van der Waals surface area contributed by atoms with Crippen molar-refractivity contribution in [1.82, 2.24) is 20.2 Å². The number of hydrogen-bond donors (Lipinski definition) is 0. The SMILES string of the molecule is CCc1ccc(C(=O)Cn2nnc(-c3ccc(Cl)cc3)n2)cc1. The van der Waals surface area contributed by atoms with Gasteiger partial charge in [0, 0.05) is 16.1 Å². The Morgan fingerprint density at radius 2 is 1.78 bits per heavy atom. The molecule has 0 fully saturated rings. The van der Waals surface area contributed by atoms with Gasteiger partial charge in [0.1, 0.15) is 6.54 Å². The van der Waals surface area contributed by atoms with Crippen LogP contribution in [0, 0.1) is 0 Å². The van der Waals surface area contributed by atoms with E-state index in [-0.39, 0.29) is 12.3 Å². The average Bonchev–Trinajstić information content (AvgIpc) is 3.04. The van der Waals surface area contributed by atoms with Crippen LogP contribution in [0.25, 0.3) is 11.4 Å². The van der Waals surface area contributed by atoms with Gasteiger partial charge in [-0.15, -0.1) is 10.2 Å². The number of tetrazole rings is 1. The van der Waals surface area contributed by atoms with Crippen molar-refractivity contribution in [3.63, 3.8) is 0 Å². The zero-order chi connectivity index (χ0) is 16.2. The van der Waals surface area contributed by atoms with Crippen molar-refractivity contribution in [2.45, 2.75) is 19.9 Å². The summed E-state index contributed by atoms with van der Waals surface area (Å²) in [6, 6.07) is 14.7. The van der Waals surface area contributed by atoms with Crippen LogP contribution in [0.2, 0.25) is 5.02 Å². The molecule has 0 amide bonds. The number of ketones is 1. The maximum atomic E-state index is 12.3. The van der Waals surface area contributed by atoms with E-state index < -0.39 is 0 Å². The normalized spacial score (nSPS) is 10.7. The first-order valence-corrected chi connectivity index (χ1v) is 7.69. The van der Waals surface area contributed by atoms with Gasteiger partial charge in [0.2, 0.25) is 5.82 Å². The third-order valence-electron chi connectivity index (χ3n) is 3.52. The molecule has 0 atom stereocenters. The van der Waals surface area contributed by atoms with Crippen LogP contribution in [-0.2, 0) is 13.0 Å². The second-order valence-electron chi connectivity index (χ2n) is 5.12. The summed E-state index contributed by atoms with van der Waals surface area (Å²) in [6.07, 6.45) is 0.948. The minimum atomic E-state index is -0.0484. The van der Waals surface area contributed by atoms with Gasteiger partial charge in [-0.2, -0.15) is 4.80 Å². The molecule has 1 aromatic heterocycles. The molecule has 23 heavy (non-hydrogen) atoms. The standard InChI is InChI=1S/C17H15ClN4O/c1-2-12-3-5-13(6-4-12)16(23)11-22-20-17(19-21-22)14-7-9-15(18)10-8-14/h3-10H,2,11H2,1H3. The molecule has 0 aliphatic heterocycles. The predicted molar refractivity (Wildman–Crippen MR) is 88.4 cm³/mol. The first kappa shape index (κ1) is 15.4. The molecule has 0 aliphatic carbocycles. The summed E-state index contributed by atoms with van der Waals surface area (Å²) in [6.45, 7) is 2.14. The van der Waals surface area contributed by atoms with Crippen molar-refractivity contribution in [3.05, 3.63) is 64.7 Å². The maximum Gasteiger partial charge on any atom is 0.204 e. The highest BCUT2D eigenvalue weighted by Crippen LogP contribution is 2.17. The third-order valence-corrected chi connectivity index (χ3v) is 3.78. The molecule has 116 valence electrons. The van der Waals surface area contributed by atoms with Crippen LogP contribution >= 0.6 is 11.6 Å². The number of hydrogen-bond acceptors (Lipinski definition) is 4. The van der Waals surface area contributed by atoms with Gasteiger partial charge in [-0.1, -0.05) is 42.8 Å². The van der Waals surface area contributed by atoms with Crippen LogP contribution in [0.3, 0.4) is 0 Å². The predicted octanol–water partition coefficient (Wildman–Crippen LogP) is 3.44. The average molecular weight is 327 g/mol. The number of nitrogens with zero attached hydrogens (tertiary/aromatic N) is 4. The van der Waals surface area contributed by atoms with Crippen LogP contribution in [0.4, 0.5) is 0 Å². The first-order valence-electron chi connectivity index (χ1n) is 7.31. The Morgan fingerprint density at radius 1 is 1.09 bits per heavy atom. The lowest BCUT2D eigenvalue weighted by atomic mass is 10.1. The van der Waals surface area contributed by atoms with Gasteiger partial charge in [-0.05, 0) is 41.5 Å². The molecule has 0 N–H and O–H groups in total. The lowest BCUT2D eigenvalue weighted by molar-refractivity contribution is 0.0961. The van der Waals surface area contributed by atoms with Crippen LogP contribution < -0.4 is 0 Å². The summed E-state index contributed by atoms with van der Waals surface area (Å²) in [4.78, 5) is 13.6. The summed E-state index contributed by atoms with van der Waals surface area (Å²) < 4.78 is 0. The van der Waals surface area contributed by atoms with E-state index in [1.807, 2.05) is 36.4 Å². The molecule has 0 saturated carbocycles. The van der Waals surface area contributed by atoms with Crippen LogP contribution in [0.1, 0.15) is 22.8 Å². The molecule has 3 rings (SSSR count). The van der Waals surface area contributed by atoms with Crippen molar-refractivity contribution in [1.29, 1.82) is 0 Å². The summed E-state index contributed by atoms with van der Waals surface area (Å²) >= 11 is 5.86. The van der Waals surface area contributed by atoms with E-state index in [1.165, 1.54) is 10.4 Å². The molecule has 5 nitrogen and oxygen atoms in total. The monoisotopic (exact) mass is 326 g/mol. The fourth-order valence-corrected chi connectivity index (χ4v) is 2.30. The van der Waals surface area contributed by atoms with Gasteiger partial charge < -0.3 is 0 Å². The molecule has 6 heteroatoms. The number of rotatable bonds is 5. The zero-order valence-electron chi connectivity index (χ0n) is 12.6. The van der Waals surface area contributed by atoms with Crippen molar-refractivity contribution < 1.29 is 4.79 Å². The first-order chi connectivity index (χ1) is 11.2. The van der Waals surface area contributed by atoms with E-state index in [4.69, 9.17) is 11.6 Å². The summed E-state index contributed by atoms with van der Waals surface area (Å²) in [5.74, 6) is 0.420. The molecular formula is C17H15ClN4O. The van der Waals surface area contributed by atoms with Crippen LogP contribution in [0.15, 0.2) is 48.5 Å². The van der Waals surface area contributed by atoms with E-state index in [0.717, 1.165) is 12.0 Å². The fraction of sp³-hybridized carbons (Fsp3) is 0.176. The van der Waals surface area contributed by atoms with Gasteiger partial charge in [0.15, 0.2) is 5.78 Å². The highest BCUT2D eigenvalue weighted by Gasteiger charge is 2.11. The number of benzene rings is 2. The summed E-state index contributed by atoms with van der Waals surface area (Å²) in [5.41, 5.74) is 2.65. The fourth-order valence-electron chi connectivity index (χ4n) is 2.17. The van der Waals surface area contributed by atoms with E-state index in [0.29, 0.717) is 16.4 Å². The van der Waals surface area contributed by atoms with Gasteiger partial charge in [-0.25, -0.2) is 0 Å². The largest absolute Gasteiger partial charge is 0.292 e. The van der Waals surface area contributed by atoms with Crippen LogP contribution in [-0.4, -0.2) is 26.0 Å². The quantitative estimate of drug-likeness (QED) is 0.674. The van der Waals surface area contributed by atoms with Crippen molar-refractivity contribution in [2.75, 3.05) is 0 Å². The summed E-state index contributed by atoms with van der Waals surface area (Å²) in [7, 11) is 0. The van der Waals surface area contributed by atoms with Crippen LogP contribution in [0.5, 0.6) is 0 Å². The van der Waals surface area contributed by atoms with Gasteiger partial charge in [0.25, 0.3) is 0 Å². The zero-order valence-corrected chi connectivity index (χ0v) is 13.4.